The molecule has 1 saturated carbocycles. The molecule has 0 aliphatic heterocycles. The molecule has 0 spiro atoms. The summed E-state index contributed by atoms with van der Waals surface area (Å²) in [5.74, 6) is 0.546. The van der Waals surface area contributed by atoms with Crippen LogP contribution in [-0.2, 0) is 4.74 Å². The van der Waals surface area contributed by atoms with Crippen LogP contribution in [0.1, 0.15) is 41.5 Å². The van der Waals surface area contributed by atoms with Crippen molar-refractivity contribution < 1.29 is 9.53 Å². The van der Waals surface area contributed by atoms with E-state index >= 15 is 0 Å². The van der Waals surface area contributed by atoms with Crippen molar-refractivity contribution in [3.63, 3.8) is 0 Å². The Morgan fingerprint density at radius 2 is 1.73 bits per heavy atom. The smallest absolute Gasteiger partial charge is 0.407 e. The van der Waals surface area contributed by atoms with Crippen LogP contribution in [0.25, 0.3) is 0 Å². The van der Waals surface area contributed by atoms with Crippen LogP contribution in [0.15, 0.2) is 0 Å². The highest BCUT2D eigenvalue weighted by Crippen LogP contribution is 2.67. The highest BCUT2D eigenvalue weighted by atomic mass is 16.6. The molecule has 3 heteroatoms. The lowest BCUT2D eigenvalue weighted by molar-refractivity contribution is 0.115. The largest absolute Gasteiger partial charge is 0.447 e. The normalized spacial score (nSPS) is 22.6. The molecular weight excluding hydrogens is 190 g/mol. The molecule has 0 heterocycles. The minimum Gasteiger partial charge on any atom is -0.447 e. The Balaban J connectivity index is 2.32. The first-order valence-corrected chi connectivity index (χ1v) is 5.64. The molecule has 1 rings (SSSR count). The minimum atomic E-state index is -0.302. The monoisotopic (exact) mass is 213 g/mol. The van der Waals surface area contributed by atoms with E-state index in [9.17, 15) is 4.79 Å². The fourth-order valence-electron chi connectivity index (χ4n) is 2.28. The van der Waals surface area contributed by atoms with Crippen LogP contribution in [0.4, 0.5) is 4.79 Å². The standard InChI is InChI=1S/C12H23NO2/c1-8(2)15-10(14)13-7-9-11(3,4)12(9,5)6/h8-9H,7H2,1-6H3,(H,13,14). The first kappa shape index (κ1) is 12.3. The molecule has 3 nitrogen and oxygen atoms in total. The minimum absolute atomic E-state index is 0.0507. The van der Waals surface area contributed by atoms with E-state index in [4.69, 9.17) is 4.74 Å². The predicted molar refractivity (Wildman–Crippen MR) is 60.7 cm³/mol. The SMILES string of the molecule is CC(C)OC(=O)NCC1C(C)(C)C1(C)C. The Hall–Kier alpha value is -0.730. The van der Waals surface area contributed by atoms with E-state index in [1.807, 2.05) is 13.8 Å². The molecular formula is C12H23NO2. The van der Waals surface area contributed by atoms with Gasteiger partial charge in [-0.2, -0.15) is 0 Å². The van der Waals surface area contributed by atoms with Crippen LogP contribution in [0, 0.1) is 16.7 Å². The van der Waals surface area contributed by atoms with Gasteiger partial charge >= 0.3 is 6.09 Å². The van der Waals surface area contributed by atoms with Gasteiger partial charge in [0.05, 0.1) is 6.10 Å². The quantitative estimate of drug-likeness (QED) is 0.783. The van der Waals surface area contributed by atoms with Crippen LogP contribution >= 0.6 is 0 Å². The summed E-state index contributed by atoms with van der Waals surface area (Å²) in [6.07, 6.45) is -0.353. The van der Waals surface area contributed by atoms with Gasteiger partial charge in [0.1, 0.15) is 0 Å². The second-order valence-electron chi connectivity index (χ2n) is 5.83. The van der Waals surface area contributed by atoms with Gasteiger partial charge in [0.25, 0.3) is 0 Å². The van der Waals surface area contributed by atoms with E-state index in [-0.39, 0.29) is 12.2 Å². The summed E-state index contributed by atoms with van der Waals surface area (Å²) in [5, 5.41) is 2.83. The molecule has 0 bridgehead atoms. The summed E-state index contributed by atoms with van der Waals surface area (Å²) in [4.78, 5) is 11.3. The van der Waals surface area contributed by atoms with Gasteiger partial charge in [-0.25, -0.2) is 4.79 Å². The number of hydrogen-bond acceptors (Lipinski definition) is 2. The second kappa shape index (κ2) is 3.69. The van der Waals surface area contributed by atoms with Gasteiger partial charge < -0.3 is 10.1 Å². The summed E-state index contributed by atoms with van der Waals surface area (Å²) >= 11 is 0. The Bertz CT molecular complexity index is 242. The molecule has 0 aromatic rings. The maximum atomic E-state index is 11.3. The summed E-state index contributed by atoms with van der Waals surface area (Å²) < 4.78 is 5.01. The number of rotatable bonds is 3. The van der Waals surface area contributed by atoms with Crippen molar-refractivity contribution in [2.24, 2.45) is 16.7 Å². The Labute approximate surface area is 92.6 Å². The van der Waals surface area contributed by atoms with E-state index < -0.39 is 0 Å². The van der Waals surface area contributed by atoms with E-state index in [1.165, 1.54) is 0 Å². The van der Waals surface area contributed by atoms with Gasteiger partial charge in [-0.1, -0.05) is 27.7 Å². The van der Waals surface area contributed by atoms with Crippen molar-refractivity contribution in [1.82, 2.24) is 5.32 Å². The summed E-state index contributed by atoms with van der Waals surface area (Å²) in [6.45, 7) is 13.4. The Kier molecular flexibility index (Phi) is 3.04. The number of hydrogen-bond donors (Lipinski definition) is 1. The average Bonchev–Trinajstić information content (AvgIpc) is 2.38. The third-order valence-electron chi connectivity index (χ3n) is 4.11. The Morgan fingerprint density at radius 1 is 1.27 bits per heavy atom. The van der Waals surface area contributed by atoms with Gasteiger partial charge in [-0.15, -0.1) is 0 Å². The molecule has 0 atom stereocenters. The van der Waals surface area contributed by atoms with Gasteiger partial charge in [-0.3, -0.25) is 0 Å². The fraction of sp³-hybridized carbons (Fsp3) is 0.917. The van der Waals surface area contributed by atoms with Crippen molar-refractivity contribution in [1.29, 1.82) is 0 Å². The van der Waals surface area contributed by atoms with Crippen molar-refractivity contribution in [2.75, 3.05) is 6.54 Å². The summed E-state index contributed by atoms with van der Waals surface area (Å²) in [7, 11) is 0. The van der Waals surface area contributed by atoms with Crippen LogP contribution in [0.2, 0.25) is 0 Å². The number of alkyl carbamates (subject to hydrolysis) is 1. The lowest BCUT2D eigenvalue weighted by atomic mass is 10.0. The van der Waals surface area contributed by atoms with E-state index in [0.717, 1.165) is 0 Å². The van der Waals surface area contributed by atoms with Gasteiger partial charge in [0, 0.05) is 6.54 Å². The molecule has 0 unspecified atom stereocenters. The number of amides is 1. The molecule has 1 N–H and O–H groups in total. The van der Waals surface area contributed by atoms with Crippen LogP contribution < -0.4 is 5.32 Å². The summed E-state index contributed by atoms with van der Waals surface area (Å²) in [5.41, 5.74) is 0.635. The first-order valence-electron chi connectivity index (χ1n) is 5.64. The molecule has 0 radical (unpaired) electrons. The molecule has 1 aliphatic rings. The maximum absolute atomic E-state index is 11.3. The van der Waals surface area contributed by atoms with E-state index in [1.54, 1.807) is 0 Å². The number of carbonyl (C=O) groups excluding carboxylic acids is 1. The summed E-state index contributed by atoms with van der Waals surface area (Å²) in [6, 6.07) is 0. The van der Waals surface area contributed by atoms with Gasteiger partial charge in [0.15, 0.2) is 0 Å². The van der Waals surface area contributed by atoms with Crippen LogP contribution in [0.3, 0.4) is 0 Å². The lowest BCUT2D eigenvalue weighted by Crippen LogP contribution is -2.29. The van der Waals surface area contributed by atoms with Crippen LogP contribution in [0.5, 0.6) is 0 Å². The maximum Gasteiger partial charge on any atom is 0.407 e. The first-order chi connectivity index (χ1) is 6.69. The fourth-order valence-corrected chi connectivity index (χ4v) is 2.28. The number of ether oxygens (including phenoxy) is 1. The molecule has 15 heavy (non-hydrogen) atoms. The topological polar surface area (TPSA) is 38.3 Å². The van der Waals surface area contributed by atoms with Gasteiger partial charge in [0.2, 0.25) is 0 Å². The third kappa shape index (κ3) is 2.27. The Morgan fingerprint density at radius 3 is 2.07 bits per heavy atom. The molecule has 0 saturated heterocycles. The zero-order chi connectivity index (χ0) is 11.9. The van der Waals surface area contributed by atoms with Gasteiger partial charge in [-0.05, 0) is 30.6 Å². The molecule has 1 fully saturated rings. The van der Waals surface area contributed by atoms with Crippen LogP contribution in [-0.4, -0.2) is 18.7 Å². The van der Waals surface area contributed by atoms with Crippen molar-refractivity contribution in [3.8, 4) is 0 Å². The number of nitrogens with one attached hydrogen (secondary N) is 1. The molecule has 88 valence electrons. The molecule has 0 aromatic heterocycles. The highest BCUT2D eigenvalue weighted by molar-refractivity contribution is 5.67. The average molecular weight is 213 g/mol. The number of carbonyl (C=O) groups is 1. The zero-order valence-electron chi connectivity index (χ0n) is 10.7. The van der Waals surface area contributed by atoms with E-state index in [0.29, 0.717) is 23.3 Å². The third-order valence-corrected chi connectivity index (χ3v) is 4.11. The molecule has 1 amide bonds. The highest BCUT2D eigenvalue weighted by Gasteiger charge is 2.64. The zero-order valence-corrected chi connectivity index (χ0v) is 10.7. The van der Waals surface area contributed by atoms with Crippen molar-refractivity contribution in [2.45, 2.75) is 47.6 Å². The predicted octanol–water partition coefficient (Wildman–Crippen LogP) is 2.80. The molecule has 1 aliphatic carbocycles. The van der Waals surface area contributed by atoms with Crippen molar-refractivity contribution in [3.05, 3.63) is 0 Å². The lowest BCUT2D eigenvalue weighted by Gasteiger charge is -2.09. The van der Waals surface area contributed by atoms with E-state index in [2.05, 4.69) is 33.0 Å². The second-order valence-corrected chi connectivity index (χ2v) is 5.83. The van der Waals surface area contributed by atoms with Crippen molar-refractivity contribution >= 4 is 6.09 Å². The molecule has 0 aromatic carbocycles.